The molecule has 0 aliphatic heterocycles. The van der Waals surface area contributed by atoms with Gasteiger partial charge in [0, 0.05) is 19.8 Å². The van der Waals surface area contributed by atoms with Crippen LogP contribution in [0.2, 0.25) is 0 Å². The van der Waals surface area contributed by atoms with Gasteiger partial charge in [-0.15, -0.1) is 0 Å². The second-order valence-corrected chi connectivity index (χ2v) is 4.24. The maximum Gasteiger partial charge on any atom is 0.322 e. The van der Waals surface area contributed by atoms with Gasteiger partial charge in [0.2, 0.25) is 11.9 Å². The molecule has 1 aromatic heterocycles. The third-order valence-electron chi connectivity index (χ3n) is 2.86. The van der Waals surface area contributed by atoms with E-state index < -0.39 is 0 Å². The number of hydrogen-bond acceptors (Lipinski definition) is 7. The number of nitrogens with one attached hydrogen (secondary N) is 2. The summed E-state index contributed by atoms with van der Waals surface area (Å²) >= 11 is 0. The van der Waals surface area contributed by atoms with Gasteiger partial charge in [0.25, 0.3) is 0 Å². The van der Waals surface area contributed by atoms with Gasteiger partial charge in [-0.2, -0.15) is 15.0 Å². The lowest BCUT2D eigenvalue weighted by Gasteiger charge is -2.11. The van der Waals surface area contributed by atoms with E-state index >= 15 is 0 Å². The monoisotopic (exact) mass is 289 g/mol. The fraction of sp³-hybridized carbons (Fsp3) is 0.357. The van der Waals surface area contributed by atoms with Gasteiger partial charge in [-0.05, 0) is 18.1 Å². The highest BCUT2D eigenvalue weighted by Crippen LogP contribution is 2.20. The minimum Gasteiger partial charge on any atom is -0.467 e. The molecule has 0 unspecified atom stereocenters. The molecule has 2 N–H and O–H groups in total. The summed E-state index contributed by atoms with van der Waals surface area (Å²) in [7, 11) is 4.95. The van der Waals surface area contributed by atoms with Crippen molar-refractivity contribution in [2.75, 3.05) is 38.5 Å². The van der Waals surface area contributed by atoms with E-state index in [1.54, 1.807) is 14.2 Å². The van der Waals surface area contributed by atoms with E-state index in [-0.39, 0.29) is 6.01 Å². The molecule has 0 saturated carbocycles. The highest BCUT2D eigenvalue weighted by molar-refractivity contribution is 5.59. The number of hydrogen-bond donors (Lipinski definition) is 2. The van der Waals surface area contributed by atoms with Crippen LogP contribution in [-0.2, 0) is 11.2 Å². The van der Waals surface area contributed by atoms with Crippen molar-refractivity contribution in [3.8, 4) is 6.01 Å². The highest BCUT2D eigenvalue weighted by atomic mass is 16.5. The van der Waals surface area contributed by atoms with Crippen LogP contribution in [-0.4, -0.2) is 42.8 Å². The van der Waals surface area contributed by atoms with Crippen molar-refractivity contribution in [3.05, 3.63) is 29.8 Å². The van der Waals surface area contributed by atoms with Gasteiger partial charge in [0.1, 0.15) is 0 Å². The highest BCUT2D eigenvalue weighted by Gasteiger charge is 2.08. The first-order valence-corrected chi connectivity index (χ1v) is 6.58. The Labute approximate surface area is 123 Å². The van der Waals surface area contributed by atoms with Gasteiger partial charge in [-0.1, -0.05) is 18.2 Å². The maximum absolute atomic E-state index is 5.12. The largest absolute Gasteiger partial charge is 0.467 e. The number of ether oxygens (including phenoxy) is 2. The molecule has 7 heteroatoms. The number of rotatable bonds is 7. The van der Waals surface area contributed by atoms with Crippen LogP contribution in [0.1, 0.15) is 5.56 Å². The smallest absolute Gasteiger partial charge is 0.322 e. The summed E-state index contributed by atoms with van der Waals surface area (Å²) in [5, 5.41) is 6.07. The topological polar surface area (TPSA) is 81.2 Å². The van der Waals surface area contributed by atoms with Crippen LogP contribution in [0.4, 0.5) is 17.6 Å². The Hall–Kier alpha value is -2.41. The molecular weight excluding hydrogens is 270 g/mol. The Balaban J connectivity index is 2.25. The summed E-state index contributed by atoms with van der Waals surface area (Å²) in [5.41, 5.74) is 2.06. The molecule has 112 valence electrons. The number of anilines is 3. The van der Waals surface area contributed by atoms with Crippen LogP contribution in [0.3, 0.4) is 0 Å². The van der Waals surface area contributed by atoms with Crippen molar-refractivity contribution in [3.63, 3.8) is 0 Å². The van der Waals surface area contributed by atoms with Crippen molar-refractivity contribution >= 4 is 17.6 Å². The molecule has 0 aliphatic rings. The van der Waals surface area contributed by atoms with Crippen LogP contribution >= 0.6 is 0 Å². The molecule has 0 bridgehead atoms. The lowest BCUT2D eigenvalue weighted by atomic mass is 10.1. The molecule has 0 aliphatic carbocycles. The Bertz CT molecular complexity index is 569. The molecule has 1 aromatic carbocycles. The van der Waals surface area contributed by atoms with Gasteiger partial charge in [-0.25, -0.2) is 0 Å². The molecular formula is C14H19N5O2. The molecule has 0 radical (unpaired) electrons. The normalized spacial score (nSPS) is 10.2. The van der Waals surface area contributed by atoms with Crippen molar-refractivity contribution in [1.82, 2.24) is 15.0 Å². The molecule has 0 saturated heterocycles. The van der Waals surface area contributed by atoms with Gasteiger partial charge in [0.05, 0.1) is 13.7 Å². The van der Waals surface area contributed by atoms with Gasteiger partial charge in [-0.3, -0.25) is 0 Å². The average Bonchev–Trinajstić information content (AvgIpc) is 2.53. The maximum atomic E-state index is 5.12. The Morgan fingerprint density at radius 1 is 1.05 bits per heavy atom. The lowest BCUT2D eigenvalue weighted by molar-refractivity contribution is 0.202. The Kier molecular flexibility index (Phi) is 5.28. The Morgan fingerprint density at radius 3 is 2.52 bits per heavy atom. The van der Waals surface area contributed by atoms with E-state index in [1.165, 1.54) is 7.11 Å². The predicted molar refractivity (Wildman–Crippen MR) is 81.2 cm³/mol. The second-order valence-electron chi connectivity index (χ2n) is 4.24. The molecule has 0 fully saturated rings. The molecule has 2 aromatic rings. The number of para-hydroxylation sites is 1. The minimum atomic E-state index is 0.256. The molecule has 2 rings (SSSR count). The van der Waals surface area contributed by atoms with E-state index in [2.05, 4.69) is 25.6 Å². The lowest BCUT2D eigenvalue weighted by Crippen LogP contribution is -2.07. The van der Waals surface area contributed by atoms with Gasteiger partial charge >= 0.3 is 6.01 Å². The number of benzene rings is 1. The first-order valence-electron chi connectivity index (χ1n) is 6.58. The van der Waals surface area contributed by atoms with Crippen molar-refractivity contribution < 1.29 is 9.47 Å². The van der Waals surface area contributed by atoms with Crippen LogP contribution in [0.15, 0.2) is 24.3 Å². The second kappa shape index (κ2) is 7.39. The van der Waals surface area contributed by atoms with Gasteiger partial charge in [0.15, 0.2) is 0 Å². The van der Waals surface area contributed by atoms with Crippen LogP contribution in [0.25, 0.3) is 0 Å². The summed E-state index contributed by atoms with van der Waals surface area (Å²) < 4.78 is 10.2. The minimum absolute atomic E-state index is 0.256. The van der Waals surface area contributed by atoms with Crippen LogP contribution in [0.5, 0.6) is 6.01 Å². The van der Waals surface area contributed by atoms with E-state index in [0.717, 1.165) is 17.7 Å². The van der Waals surface area contributed by atoms with Crippen molar-refractivity contribution in [2.24, 2.45) is 0 Å². The first-order chi connectivity index (χ1) is 10.3. The quantitative estimate of drug-likeness (QED) is 0.805. The molecule has 0 amide bonds. The van der Waals surface area contributed by atoms with Crippen LogP contribution < -0.4 is 15.4 Å². The fourth-order valence-electron chi connectivity index (χ4n) is 1.81. The first kappa shape index (κ1) is 15.0. The van der Waals surface area contributed by atoms with Crippen LogP contribution in [0, 0.1) is 0 Å². The van der Waals surface area contributed by atoms with Gasteiger partial charge < -0.3 is 20.1 Å². The predicted octanol–water partition coefficient (Wildman–Crippen LogP) is 1.85. The zero-order valence-corrected chi connectivity index (χ0v) is 12.4. The summed E-state index contributed by atoms with van der Waals surface area (Å²) in [4.78, 5) is 12.5. The number of nitrogens with zero attached hydrogens (tertiary/aromatic N) is 3. The summed E-state index contributed by atoms with van der Waals surface area (Å²) in [6, 6.07) is 8.21. The summed E-state index contributed by atoms with van der Waals surface area (Å²) in [6.45, 7) is 0.654. The Morgan fingerprint density at radius 2 is 1.81 bits per heavy atom. The van der Waals surface area contributed by atoms with E-state index in [0.29, 0.717) is 18.5 Å². The average molecular weight is 289 g/mol. The summed E-state index contributed by atoms with van der Waals surface area (Å²) in [5.74, 6) is 0.870. The fourth-order valence-corrected chi connectivity index (χ4v) is 1.81. The third-order valence-corrected chi connectivity index (χ3v) is 2.86. The number of methoxy groups -OCH3 is 2. The molecule has 0 spiro atoms. The molecule has 21 heavy (non-hydrogen) atoms. The molecule has 1 heterocycles. The SMILES string of the molecule is CNc1nc(Nc2ccccc2CCOC)nc(OC)n1. The van der Waals surface area contributed by atoms with E-state index in [9.17, 15) is 0 Å². The molecule has 0 atom stereocenters. The van der Waals surface area contributed by atoms with Crippen molar-refractivity contribution in [2.45, 2.75) is 6.42 Å². The third kappa shape index (κ3) is 4.03. The van der Waals surface area contributed by atoms with E-state index in [4.69, 9.17) is 9.47 Å². The molecule has 7 nitrogen and oxygen atoms in total. The summed E-state index contributed by atoms with van der Waals surface area (Å²) in [6.07, 6.45) is 0.806. The van der Waals surface area contributed by atoms with Crippen molar-refractivity contribution in [1.29, 1.82) is 0 Å². The standard InChI is InChI=1S/C14H19N5O2/c1-15-12-17-13(19-14(18-12)21-3)16-11-7-5-4-6-10(11)8-9-20-2/h4-7H,8-9H2,1-3H3,(H2,15,16,17,18,19). The van der Waals surface area contributed by atoms with E-state index in [1.807, 2.05) is 24.3 Å². The zero-order valence-electron chi connectivity index (χ0n) is 12.4. The zero-order chi connectivity index (χ0) is 15.1. The number of aromatic nitrogens is 3.